The maximum absolute atomic E-state index is 9.91. The first-order chi connectivity index (χ1) is 10.8. The average Bonchev–Trinajstić information content (AvgIpc) is 3.03. The monoisotopic (exact) mass is 293 g/mol. The molecule has 110 valence electrons. The van der Waals surface area contributed by atoms with Crippen molar-refractivity contribution in [2.24, 2.45) is 0 Å². The Kier molecular flexibility index (Phi) is 3.92. The van der Waals surface area contributed by atoms with Crippen molar-refractivity contribution in [1.29, 1.82) is 0 Å². The highest BCUT2D eigenvalue weighted by Crippen LogP contribution is 2.26. The molecule has 3 aromatic rings. The molecule has 0 atom stereocenters. The molecule has 0 amide bonds. The summed E-state index contributed by atoms with van der Waals surface area (Å²) in [5.41, 5.74) is 2.45. The van der Waals surface area contributed by atoms with Gasteiger partial charge in [0.05, 0.1) is 7.11 Å². The molecule has 0 unspecified atom stereocenters. The molecule has 2 aromatic carbocycles. The van der Waals surface area contributed by atoms with Gasteiger partial charge in [0, 0.05) is 23.3 Å². The normalized spacial score (nSPS) is 11.0. The molecular weight excluding hydrogens is 278 g/mol. The van der Waals surface area contributed by atoms with Crippen LogP contribution in [0.25, 0.3) is 23.4 Å². The van der Waals surface area contributed by atoms with Gasteiger partial charge in [0.2, 0.25) is 0 Å². The first-order valence-electron chi connectivity index (χ1n) is 6.83. The first kappa shape index (κ1) is 13.9. The standard InChI is InChI=1S/C18H15NO3/c1-21-15-9-7-14(18(20)12-15)8-10-16-11-17(19-22-16)13-5-3-2-4-6-13/h2-12,20H,1H3/b10-8+. The highest BCUT2D eigenvalue weighted by Gasteiger charge is 2.04. The third kappa shape index (κ3) is 3.01. The Balaban J connectivity index is 1.80. The van der Waals surface area contributed by atoms with E-state index in [1.54, 1.807) is 37.5 Å². The van der Waals surface area contributed by atoms with Gasteiger partial charge in [-0.05, 0) is 24.3 Å². The molecule has 4 nitrogen and oxygen atoms in total. The van der Waals surface area contributed by atoms with Gasteiger partial charge in [-0.15, -0.1) is 0 Å². The zero-order valence-electron chi connectivity index (χ0n) is 12.1. The van der Waals surface area contributed by atoms with Gasteiger partial charge in [-0.2, -0.15) is 0 Å². The molecule has 22 heavy (non-hydrogen) atoms. The van der Waals surface area contributed by atoms with Gasteiger partial charge in [-0.3, -0.25) is 0 Å². The van der Waals surface area contributed by atoms with E-state index in [2.05, 4.69) is 5.16 Å². The molecule has 0 spiro atoms. The van der Waals surface area contributed by atoms with Crippen molar-refractivity contribution >= 4 is 12.2 Å². The smallest absolute Gasteiger partial charge is 0.160 e. The van der Waals surface area contributed by atoms with Gasteiger partial charge in [0.1, 0.15) is 17.2 Å². The van der Waals surface area contributed by atoms with Crippen LogP contribution in [0.5, 0.6) is 11.5 Å². The van der Waals surface area contributed by atoms with E-state index in [1.165, 1.54) is 0 Å². The van der Waals surface area contributed by atoms with Crippen LogP contribution in [0, 0.1) is 0 Å². The fourth-order valence-electron chi connectivity index (χ4n) is 2.08. The summed E-state index contributed by atoms with van der Waals surface area (Å²) < 4.78 is 10.3. The molecule has 1 aromatic heterocycles. The minimum Gasteiger partial charge on any atom is -0.507 e. The SMILES string of the molecule is COc1ccc(/C=C/c2cc(-c3ccccc3)no2)c(O)c1. The molecular formula is C18H15NO3. The Morgan fingerprint density at radius 3 is 2.59 bits per heavy atom. The van der Waals surface area contributed by atoms with Crippen molar-refractivity contribution in [3.63, 3.8) is 0 Å². The Morgan fingerprint density at radius 1 is 1.05 bits per heavy atom. The highest BCUT2D eigenvalue weighted by atomic mass is 16.5. The number of nitrogens with zero attached hydrogens (tertiary/aromatic N) is 1. The fraction of sp³-hybridized carbons (Fsp3) is 0.0556. The summed E-state index contributed by atoms with van der Waals surface area (Å²) in [5.74, 6) is 1.38. The topological polar surface area (TPSA) is 55.5 Å². The summed E-state index contributed by atoms with van der Waals surface area (Å²) in [7, 11) is 1.56. The maximum atomic E-state index is 9.91. The van der Waals surface area contributed by atoms with E-state index < -0.39 is 0 Å². The Labute approximate surface area is 128 Å². The molecule has 0 radical (unpaired) electrons. The van der Waals surface area contributed by atoms with Gasteiger partial charge in [-0.25, -0.2) is 0 Å². The average molecular weight is 293 g/mol. The number of phenolic OH excluding ortho intramolecular Hbond substituents is 1. The summed E-state index contributed by atoms with van der Waals surface area (Å²) in [4.78, 5) is 0. The summed E-state index contributed by atoms with van der Waals surface area (Å²) in [6.07, 6.45) is 3.53. The number of benzene rings is 2. The lowest BCUT2D eigenvalue weighted by Gasteiger charge is -2.02. The van der Waals surface area contributed by atoms with Crippen molar-refractivity contribution in [3.8, 4) is 22.8 Å². The second-order valence-corrected chi connectivity index (χ2v) is 4.74. The highest BCUT2D eigenvalue weighted by molar-refractivity contribution is 5.72. The van der Waals surface area contributed by atoms with E-state index in [0.29, 0.717) is 17.1 Å². The van der Waals surface area contributed by atoms with Crippen molar-refractivity contribution in [3.05, 3.63) is 65.9 Å². The molecule has 3 rings (SSSR count). The minimum absolute atomic E-state index is 0.151. The maximum Gasteiger partial charge on any atom is 0.160 e. The van der Waals surface area contributed by atoms with Crippen molar-refractivity contribution in [2.45, 2.75) is 0 Å². The van der Waals surface area contributed by atoms with E-state index in [-0.39, 0.29) is 5.75 Å². The summed E-state index contributed by atoms with van der Waals surface area (Å²) in [6, 6.07) is 16.8. The summed E-state index contributed by atoms with van der Waals surface area (Å²) in [6.45, 7) is 0. The zero-order chi connectivity index (χ0) is 15.4. The molecule has 0 aliphatic heterocycles. The number of aromatic nitrogens is 1. The quantitative estimate of drug-likeness (QED) is 0.782. The zero-order valence-corrected chi connectivity index (χ0v) is 12.1. The molecule has 0 fully saturated rings. The predicted octanol–water partition coefficient (Wildman–Crippen LogP) is 4.23. The number of hydrogen-bond acceptors (Lipinski definition) is 4. The number of methoxy groups -OCH3 is 1. The van der Waals surface area contributed by atoms with E-state index in [0.717, 1.165) is 11.3 Å². The van der Waals surface area contributed by atoms with Crippen LogP contribution in [0.3, 0.4) is 0 Å². The molecule has 4 heteroatoms. The fourth-order valence-corrected chi connectivity index (χ4v) is 2.08. The van der Waals surface area contributed by atoms with E-state index >= 15 is 0 Å². The molecule has 1 heterocycles. The third-order valence-corrected chi connectivity index (χ3v) is 3.26. The third-order valence-electron chi connectivity index (χ3n) is 3.26. The van der Waals surface area contributed by atoms with Gasteiger partial charge in [0.15, 0.2) is 5.76 Å². The molecule has 0 saturated carbocycles. The lowest BCUT2D eigenvalue weighted by atomic mass is 10.1. The second-order valence-electron chi connectivity index (χ2n) is 4.74. The Hall–Kier alpha value is -3.01. The van der Waals surface area contributed by atoms with Crippen LogP contribution in [0.4, 0.5) is 0 Å². The Morgan fingerprint density at radius 2 is 1.86 bits per heavy atom. The number of phenols is 1. The number of aromatic hydroxyl groups is 1. The van der Waals surface area contributed by atoms with Gasteiger partial charge < -0.3 is 14.4 Å². The van der Waals surface area contributed by atoms with E-state index in [4.69, 9.17) is 9.26 Å². The summed E-state index contributed by atoms with van der Waals surface area (Å²) in [5, 5.41) is 13.9. The molecule has 0 saturated heterocycles. The summed E-state index contributed by atoms with van der Waals surface area (Å²) >= 11 is 0. The van der Waals surface area contributed by atoms with Crippen LogP contribution in [0.2, 0.25) is 0 Å². The molecule has 0 aliphatic rings. The largest absolute Gasteiger partial charge is 0.507 e. The van der Waals surface area contributed by atoms with Crippen LogP contribution >= 0.6 is 0 Å². The van der Waals surface area contributed by atoms with E-state index in [1.807, 2.05) is 36.4 Å². The van der Waals surface area contributed by atoms with Crippen molar-refractivity contribution < 1.29 is 14.4 Å². The second kappa shape index (κ2) is 6.18. The molecule has 1 N–H and O–H groups in total. The molecule has 0 aliphatic carbocycles. The van der Waals surface area contributed by atoms with Crippen molar-refractivity contribution in [2.75, 3.05) is 7.11 Å². The van der Waals surface area contributed by atoms with Crippen LogP contribution in [-0.2, 0) is 0 Å². The predicted molar refractivity (Wildman–Crippen MR) is 85.5 cm³/mol. The number of ether oxygens (including phenoxy) is 1. The van der Waals surface area contributed by atoms with Crippen molar-refractivity contribution in [1.82, 2.24) is 5.16 Å². The lowest BCUT2D eigenvalue weighted by Crippen LogP contribution is -1.82. The van der Waals surface area contributed by atoms with Crippen LogP contribution in [0.1, 0.15) is 11.3 Å². The van der Waals surface area contributed by atoms with E-state index in [9.17, 15) is 5.11 Å². The van der Waals surface area contributed by atoms with Gasteiger partial charge in [0.25, 0.3) is 0 Å². The van der Waals surface area contributed by atoms with Gasteiger partial charge >= 0.3 is 0 Å². The van der Waals surface area contributed by atoms with Crippen LogP contribution in [-0.4, -0.2) is 17.4 Å². The number of rotatable bonds is 4. The number of hydrogen-bond donors (Lipinski definition) is 1. The van der Waals surface area contributed by atoms with Crippen LogP contribution < -0.4 is 4.74 Å². The molecule has 0 bridgehead atoms. The Bertz CT molecular complexity index is 791. The minimum atomic E-state index is 0.151. The lowest BCUT2D eigenvalue weighted by molar-refractivity contribution is 0.407. The van der Waals surface area contributed by atoms with Crippen LogP contribution in [0.15, 0.2) is 59.1 Å². The first-order valence-corrected chi connectivity index (χ1v) is 6.83. The van der Waals surface area contributed by atoms with Gasteiger partial charge in [-0.1, -0.05) is 35.5 Å².